The summed E-state index contributed by atoms with van der Waals surface area (Å²) in [6.45, 7) is 4.13. The summed E-state index contributed by atoms with van der Waals surface area (Å²) in [5.74, 6) is 0. The first-order chi connectivity index (χ1) is 5.69. The fourth-order valence-electron chi connectivity index (χ4n) is 1.38. The number of aryl methyl sites for hydroxylation is 2. The van der Waals surface area contributed by atoms with Gasteiger partial charge in [-0.3, -0.25) is 0 Å². The summed E-state index contributed by atoms with van der Waals surface area (Å²) in [5.41, 5.74) is 3.23. The molecule has 12 heavy (non-hydrogen) atoms. The molecule has 0 aliphatic carbocycles. The van der Waals surface area contributed by atoms with Gasteiger partial charge in [0.05, 0.1) is 6.61 Å². The second-order valence-corrected chi connectivity index (χ2v) is 3.31. The third-order valence-corrected chi connectivity index (χ3v) is 2.29. The van der Waals surface area contributed by atoms with E-state index in [1.807, 2.05) is 19.1 Å². The standard InChI is InChI=1S/C10H13ClO/c1-3-8-5-9(11)4-7(2)10(8)6-12/h4-5,12H,3,6H2,1-2H3. The van der Waals surface area contributed by atoms with E-state index in [4.69, 9.17) is 16.7 Å². The Balaban J connectivity index is 3.24. The number of aliphatic hydroxyl groups is 1. The van der Waals surface area contributed by atoms with Gasteiger partial charge in [-0.25, -0.2) is 0 Å². The van der Waals surface area contributed by atoms with Crippen molar-refractivity contribution in [2.75, 3.05) is 0 Å². The molecule has 0 radical (unpaired) electrons. The maximum absolute atomic E-state index is 9.08. The van der Waals surface area contributed by atoms with Crippen molar-refractivity contribution in [1.29, 1.82) is 0 Å². The molecule has 0 aliphatic heterocycles. The molecule has 2 heteroatoms. The molecule has 0 amide bonds. The number of hydrogen-bond acceptors (Lipinski definition) is 1. The molecule has 0 unspecified atom stereocenters. The minimum absolute atomic E-state index is 0.103. The van der Waals surface area contributed by atoms with Crippen LogP contribution in [-0.2, 0) is 13.0 Å². The van der Waals surface area contributed by atoms with Gasteiger partial charge in [-0.15, -0.1) is 0 Å². The number of hydrogen-bond donors (Lipinski definition) is 1. The molecule has 1 N–H and O–H groups in total. The van der Waals surface area contributed by atoms with Crippen LogP contribution in [0.15, 0.2) is 12.1 Å². The maximum Gasteiger partial charge on any atom is 0.0687 e. The Kier molecular flexibility index (Phi) is 3.12. The summed E-state index contributed by atoms with van der Waals surface area (Å²) in [7, 11) is 0. The van der Waals surface area contributed by atoms with E-state index in [1.165, 1.54) is 0 Å². The van der Waals surface area contributed by atoms with Crippen LogP contribution in [0, 0.1) is 6.92 Å². The summed E-state index contributed by atoms with van der Waals surface area (Å²) < 4.78 is 0. The summed E-state index contributed by atoms with van der Waals surface area (Å²) in [6, 6.07) is 3.80. The molecule has 0 aromatic heterocycles. The molecule has 1 aromatic carbocycles. The van der Waals surface area contributed by atoms with E-state index < -0.39 is 0 Å². The van der Waals surface area contributed by atoms with Crippen LogP contribution in [0.4, 0.5) is 0 Å². The molecule has 66 valence electrons. The molecule has 0 heterocycles. The molecule has 0 aliphatic rings. The largest absolute Gasteiger partial charge is 0.392 e. The van der Waals surface area contributed by atoms with Crippen molar-refractivity contribution in [1.82, 2.24) is 0 Å². The van der Waals surface area contributed by atoms with Gasteiger partial charge in [-0.2, -0.15) is 0 Å². The molecule has 1 rings (SSSR count). The molecule has 1 aromatic rings. The van der Waals surface area contributed by atoms with Crippen molar-refractivity contribution in [3.63, 3.8) is 0 Å². The molecule has 0 saturated carbocycles. The van der Waals surface area contributed by atoms with Gasteiger partial charge in [0.1, 0.15) is 0 Å². The Morgan fingerprint density at radius 1 is 1.42 bits per heavy atom. The lowest BCUT2D eigenvalue weighted by Crippen LogP contribution is -1.95. The second kappa shape index (κ2) is 3.92. The third kappa shape index (κ3) is 1.79. The number of halogens is 1. The number of rotatable bonds is 2. The Morgan fingerprint density at radius 2 is 2.08 bits per heavy atom. The van der Waals surface area contributed by atoms with Gasteiger partial charge in [-0.1, -0.05) is 18.5 Å². The van der Waals surface area contributed by atoms with Gasteiger partial charge in [0.15, 0.2) is 0 Å². The summed E-state index contributed by atoms with van der Waals surface area (Å²) >= 11 is 5.88. The van der Waals surface area contributed by atoms with Crippen LogP contribution >= 0.6 is 11.6 Å². The molecular weight excluding hydrogens is 172 g/mol. The highest BCUT2D eigenvalue weighted by atomic mass is 35.5. The monoisotopic (exact) mass is 184 g/mol. The van der Waals surface area contributed by atoms with Crippen molar-refractivity contribution < 1.29 is 5.11 Å². The second-order valence-electron chi connectivity index (χ2n) is 2.87. The van der Waals surface area contributed by atoms with Crippen LogP contribution in [0.1, 0.15) is 23.6 Å². The van der Waals surface area contributed by atoms with E-state index in [-0.39, 0.29) is 6.61 Å². The third-order valence-electron chi connectivity index (χ3n) is 2.07. The molecular formula is C10H13ClO. The van der Waals surface area contributed by atoms with Crippen LogP contribution in [0.2, 0.25) is 5.02 Å². The van der Waals surface area contributed by atoms with Crippen LogP contribution in [0.5, 0.6) is 0 Å². The summed E-state index contributed by atoms with van der Waals surface area (Å²) in [4.78, 5) is 0. The molecule has 1 nitrogen and oxygen atoms in total. The van der Waals surface area contributed by atoms with Gasteiger partial charge in [-0.05, 0) is 42.2 Å². The van der Waals surface area contributed by atoms with Crippen molar-refractivity contribution in [2.45, 2.75) is 26.9 Å². The predicted molar refractivity (Wildman–Crippen MR) is 51.5 cm³/mol. The SMILES string of the molecule is CCc1cc(Cl)cc(C)c1CO. The topological polar surface area (TPSA) is 20.2 Å². The van der Waals surface area contributed by atoms with Gasteiger partial charge in [0, 0.05) is 5.02 Å². The lowest BCUT2D eigenvalue weighted by molar-refractivity contribution is 0.280. The Bertz CT molecular complexity index is 281. The van der Waals surface area contributed by atoms with Crippen molar-refractivity contribution in [3.05, 3.63) is 33.8 Å². The minimum atomic E-state index is 0.103. The normalized spacial score (nSPS) is 10.3. The van der Waals surface area contributed by atoms with E-state index in [9.17, 15) is 0 Å². The van der Waals surface area contributed by atoms with E-state index in [1.54, 1.807) is 0 Å². The van der Waals surface area contributed by atoms with Crippen LogP contribution in [-0.4, -0.2) is 5.11 Å². The van der Waals surface area contributed by atoms with Crippen molar-refractivity contribution >= 4 is 11.6 Å². The van der Waals surface area contributed by atoms with Gasteiger partial charge in [0.25, 0.3) is 0 Å². The van der Waals surface area contributed by atoms with Gasteiger partial charge in [0.2, 0.25) is 0 Å². The predicted octanol–water partition coefficient (Wildman–Crippen LogP) is 2.70. The van der Waals surface area contributed by atoms with E-state index in [2.05, 4.69) is 6.92 Å². The summed E-state index contributed by atoms with van der Waals surface area (Å²) in [6.07, 6.45) is 0.914. The fraction of sp³-hybridized carbons (Fsp3) is 0.400. The van der Waals surface area contributed by atoms with Crippen molar-refractivity contribution in [2.24, 2.45) is 0 Å². The van der Waals surface area contributed by atoms with E-state index in [0.29, 0.717) is 0 Å². The smallest absolute Gasteiger partial charge is 0.0687 e. The number of aliphatic hydroxyl groups excluding tert-OH is 1. The van der Waals surface area contributed by atoms with Gasteiger partial charge < -0.3 is 5.11 Å². The zero-order valence-electron chi connectivity index (χ0n) is 7.39. The van der Waals surface area contributed by atoms with Crippen LogP contribution < -0.4 is 0 Å². The average Bonchev–Trinajstić information content (AvgIpc) is 2.03. The number of benzene rings is 1. The highest BCUT2D eigenvalue weighted by Crippen LogP contribution is 2.20. The van der Waals surface area contributed by atoms with Crippen molar-refractivity contribution in [3.8, 4) is 0 Å². The molecule has 0 saturated heterocycles. The average molecular weight is 185 g/mol. The highest BCUT2D eigenvalue weighted by molar-refractivity contribution is 6.30. The summed E-state index contributed by atoms with van der Waals surface area (Å²) in [5, 5.41) is 9.83. The zero-order chi connectivity index (χ0) is 9.14. The Labute approximate surface area is 78.0 Å². The molecule has 0 bridgehead atoms. The first-order valence-corrected chi connectivity index (χ1v) is 4.45. The first-order valence-electron chi connectivity index (χ1n) is 4.07. The first kappa shape index (κ1) is 9.56. The van der Waals surface area contributed by atoms with Crippen LogP contribution in [0.3, 0.4) is 0 Å². The minimum Gasteiger partial charge on any atom is -0.392 e. The highest BCUT2D eigenvalue weighted by Gasteiger charge is 2.04. The van der Waals surface area contributed by atoms with E-state index >= 15 is 0 Å². The van der Waals surface area contributed by atoms with Gasteiger partial charge >= 0.3 is 0 Å². The van der Waals surface area contributed by atoms with E-state index in [0.717, 1.165) is 28.1 Å². The molecule has 0 spiro atoms. The van der Waals surface area contributed by atoms with Crippen LogP contribution in [0.25, 0.3) is 0 Å². The quantitative estimate of drug-likeness (QED) is 0.750. The fourth-order valence-corrected chi connectivity index (χ4v) is 1.68. The molecule has 0 atom stereocenters. The Hall–Kier alpha value is -0.530. The maximum atomic E-state index is 9.08. The molecule has 0 fully saturated rings. The lowest BCUT2D eigenvalue weighted by Gasteiger charge is -2.09. The zero-order valence-corrected chi connectivity index (χ0v) is 8.15. The Morgan fingerprint density at radius 3 is 2.58 bits per heavy atom. The lowest BCUT2D eigenvalue weighted by atomic mass is 10.0.